The van der Waals surface area contributed by atoms with Gasteiger partial charge in [-0.2, -0.15) is 4.98 Å². The number of benzene rings is 2. The van der Waals surface area contributed by atoms with Crippen molar-refractivity contribution in [3.63, 3.8) is 0 Å². The van der Waals surface area contributed by atoms with Crippen molar-refractivity contribution in [3.8, 4) is 11.4 Å². The van der Waals surface area contributed by atoms with Gasteiger partial charge in [0, 0.05) is 57.4 Å². The summed E-state index contributed by atoms with van der Waals surface area (Å²) < 4.78 is 0. The van der Waals surface area contributed by atoms with Gasteiger partial charge in [-0.25, -0.2) is 15.0 Å². The van der Waals surface area contributed by atoms with E-state index in [0.29, 0.717) is 0 Å². The SMILES string of the molecule is CN(C)c1nccc(N2CCN(c3nc(-c4ccccc4)nc4ccccc34)CC2)n1. The second kappa shape index (κ2) is 8.18. The number of rotatable bonds is 4. The molecule has 0 saturated carbocycles. The van der Waals surface area contributed by atoms with Crippen LogP contribution in [0.2, 0.25) is 0 Å². The molecule has 1 aliphatic heterocycles. The van der Waals surface area contributed by atoms with E-state index in [-0.39, 0.29) is 0 Å². The maximum atomic E-state index is 4.99. The van der Waals surface area contributed by atoms with Crippen LogP contribution in [0.4, 0.5) is 17.6 Å². The Morgan fingerprint density at radius 3 is 2.23 bits per heavy atom. The van der Waals surface area contributed by atoms with Crippen LogP contribution in [0, 0.1) is 0 Å². The summed E-state index contributed by atoms with van der Waals surface area (Å²) in [5.41, 5.74) is 2.01. The first-order chi connectivity index (χ1) is 15.2. The molecule has 2 aromatic carbocycles. The van der Waals surface area contributed by atoms with E-state index in [0.717, 1.165) is 66.1 Å². The summed E-state index contributed by atoms with van der Waals surface area (Å²) in [6.45, 7) is 3.50. The summed E-state index contributed by atoms with van der Waals surface area (Å²) in [6.07, 6.45) is 1.83. The number of piperazine rings is 1. The van der Waals surface area contributed by atoms with Crippen molar-refractivity contribution in [2.24, 2.45) is 0 Å². The summed E-state index contributed by atoms with van der Waals surface area (Å²) in [5, 5.41) is 1.09. The first kappa shape index (κ1) is 19.2. The molecular weight excluding hydrogens is 386 g/mol. The molecular formula is C24H25N7. The highest BCUT2D eigenvalue weighted by molar-refractivity contribution is 5.91. The highest BCUT2D eigenvalue weighted by atomic mass is 15.3. The third-order valence-corrected chi connectivity index (χ3v) is 5.55. The quantitative estimate of drug-likeness (QED) is 0.509. The van der Waals surface area contributed by atoms with Gasteiger partial charge >= 0.3 is 0 Å². The molecule has 31 heavy (non-hydrogen) atoms. The van der Waals surface area contributed by atoms with Gasteiger partial charge in [0.15, 0.2) is 5.82 Å². The summed E-state index contributed by atoms with van der Waals surface area (Å²) in [6, 6.07) is 20.4. The molecule has 1 aliphatic rings. The summed E-state index contributed by atoms with van der Waals surface area (Å²) in [5.74, 6) is 3.47. The molecule has 0 bridgehead atoms. The fraction of sp³-hybridized carbons (Fsp3) is 0.250. The Labute approximate surface area is 182 Å². The molecule has 0 radical (unpaired) electrons. The molecule has 0 atom stereocenters. The zero-order chi connectivity index (χ0) is 21.2. The Bertz CT molecular complexity index is 1180. The van der Waals surface area contributed by atoms with E-state index < -0.39 is 0 Å². The van der Waals surface area contributed by atoms with Crippen molar-refractivity contribution in [1.82, 2.24) is 19.9 Å². The van der Waals surface area contributed by atoms with Crippen LogP contribution in [0.15, 0.2) is 66.9 Å². The van der Waals surface area contributed by atoms with E-state index in [1.807, 2.05) is 55.5 Å². The van der Waals surface area contributed by atoms with Crippen molar-refractivity contribution in [2.75, 3.05) is 55.0 Å². The number of anilines is 3. The number of aromatic nitrogens is 4. The normalized spacial score (nSPS) is 14.1. The van der Waals surface area contributed by atoms with E-state index >= 15 is 0 Å². The van der Waals surface area contributed by atoms with Crippen LogP contribution in [0.1, 0.15) is 0 Å². The van der Waals surface area contributed by atoms with E-state index in [1.165, 1.54) is 0 Å². The van der Waals surface area contributed by atoms with E-state index in [1.54, 1.807) is 0 Å². The fourth-order valence-electron chi connectivity index (χ4n) is 3.90. The predicted octanol–water partition coefficient (Wildman–Crippen LogP) is 3.48. The topological polar surface area (TPSA) is 61.3 Å². The van der Waals surface area contributed by atoms with Gasteiger partial charge in [0.05, 0.1) is 5.52 Å². The maximum Gasteiger partial charge on any atom is 0.226 e. The molecule has 5 rings (SSSR count). The molecule has 0 unspecified atom stereocenters. The minimum Gasteiger partial charge on any atom is -0.353 e. The average Bonchev–Trinajstić information content (AvgIpc) is 2.84. The molecule has 1 fully saturated rings. The third kappa shape index (κ3) is 3.86. The monoisotopic (exact) mass is 411 g/mol. The standard InChI is InChI=1S/C24H25N7/c1-29(2)24-25-13-12-21(27-24)30-14-16-31(17-15-30)23-19-10-6-7-11-20(19)26-22(28-23)18-8-4-3-5-9-18/h3-13H,14-17H2,1-2H3. The van der Waals surface area contributed by atoms with Crippen LogP contribution < -0.4 is 14.7 Å². The lowest BCUT2D eigenvalue weighted by Gasteiger charge is -2.36. The van der Waals surface area contributed by atoms with Crippen molar-refractivity contribution < 1.29 is 0 Å². The van der Waals surface area contributed by atoms with Gasteiger partial charge < -0.3 is 14.7 Å². The Morgan fingerprint density at radius 2 is 1.45 bits per heavy atom. The Morgan fingerprint density at radius 1 is 0.742 bits per heavy atom. The summed E-state index contributed by atoms with van der Waals surface area (Å²) in [4.78, 5) is 25.4. The van der Waals surface area contributed by atoms with Crippen molar-refractivity contribution in [2.45, 2.75) is 0 Å². The average molecular weight is 412 g/mol. The van der Waals surface area contributed by atoms with Crippen LogP contribution >= 0.6 is 0 Å². The van der Waals surface area contributed by atoms with Crippen LogP contribution in [0.3, 0.4) is 0 Å². The number of fused-ring (bicyclic) bond motifs is 1. The van der Waals surface area contributed by atoms with E-state index in [2.05, 4.69) is 45.1 Å². The zero-order valence-corrected chi connectivity index (χ0v) is 17.8. The van der Waals surface area contributed by atoms with Gasteiger partial charge in [-0.05, 0) is 18.2 Å². The Hall–Kier alpha value is -3.74. The van der Waals surface area contributed by atoms with Gasteiger partial charge in [0.25, 0.3) is 0 Å². The predicted molar refractivity (Wildman–Crippen MR) is 126 cm³/mol. The van der Waals surface area contributed by atoms with Crippen LogP contribution in [0.5, 0.6) is 0 Å². The van der Waals surface area contributed by atoms with Crippen molar-refractivity contribution >= 4 is 28.5 Å². The molecule has 0 amide bonds. The molecule has 156 valence electrons. The molecule has 7 nitrogen and oxygen atoms in total. The number of nitrogens with zero attached hydrogens (tertiary/aromatic N) is 7. The fourth-order valence-corrected chi connectivity index (χ4v) is 3.90. The summed E-state index contributed by atoms with van der Waals surface area (Å²) in [7, 11) is 3.92. The maximum absolute atomic E-state index is 4.99. The first-order valence-corrected chi connectivity index (χ1v) is 10.5. The highest BCUT2D eigenvalue weighted by Crippen LogP contribution is 2.28. The minimum absolute atomic E-state index is 0.731. The second-order valence-electron chi connectivity index (χ2n) is 7.84. The Kier molecular flexibility index (Phi) is 5.08. The first-order valence-electron chi connectivity index (χ1n) is 10.5. The van der Waals surface area contributed by atoms with Crippen LogP contribution in [0.25, 0.3) is 22.3 Å². The molecule has 0 aliphatic carbocycles. The van der Waals surface area contributed by atoms with Crippen molar-refractivity contribution in [1.29, 1.82) is 0 Å². The molecule has 4 aromatic rings. The van der Waals surface area contributed by atoms with Gasteiger partial charge in [-0.1, -0.05) is 42.5 Å². The van der Waals surface area contributed by atoms with Crippen molar-refractivity contribution in [3.05, 3.63) is 66.9 Å². The van der Waals surface area contributed by atoms with Gasteiger partial charge in [0.2, 0.25) is 5.95 Å². The Balaban J connectivity index is 1.44. The third-order valence-electron chi connectivity index (χ3n) is 5.55. The van der Waals surface area contributed by atoms with Gasteiger partial charge in [-0.3, -0.25) is 0 Å². The molecule has 0 spiro atoms. The molecule has 7 heteroatoms. The number of hydrogen-bond donors (Lipinski definition) is 0. The van der Waals surface area contributed by atoms with Gasteiger partial charge in [-0.15, -0.1) is 0 Å². The highest BCUT2D eigenvalue weighted by Gasteiger charge is 2.22. The molecule has 3 heterocycles. The molecule has 2 aromatic heterocycles. The van der Waals surface area contributed by atoms with Crippen LogP contribution in [-0.4, -0.2) is 60.2 Å². The lowest BCUT2D eigenvalue weighted by atomic mass is 10.1. The summed E-state index contributed by atoms with van der Waals surface area (Å²) >= 11 is 0. The molecule has 1 saturated heterocycles. The lowest BCUT2D eigenvalue weighted by Crippen LogP contribution is -2.47. The van der Waals surface area contributed by atoms with Gasteiger partial charge in [0.1, 0.15) is 11.6 Å². The zero-order valence-electron chi connectivity index (χ0n) is 17.8. The second-order valence-corrected chi connectivity index (χ2v) is 7.84. The smallest absolute Gasteiger partial charge is 0.226 e. The molecule has 0 N–H and O–H groups in total. The van der Waals surface area contributed by atoms with E-state index in [9.17, 15) is 0 Å². The van der Waals surface area contributed by atoms with E-state index in [4.69, 9.17) is 15.0 Å². The minimum atomic E-state index is 0.731. The van der Waals surface area contributed by atoms with Crippen LogP contribution in [-0.2, 0) is 0 Å². The largest absolute Gasteiger partial charge is 0.353 e. The number of para-hydroxylation sites is 1. The lowest BCUT2D eigenvalue weighted by molar-refractivity contribution is 0.642. The number of hydrogen-bond acceptors (Lipinski definition) is 7.